The van der Waals surface area contributed by atoms with Gasteiger partial charge in [0.05, 0.1) is 11.1 Å². The Hall–Kier alpha value is -3.30. The predicted octanol–water partition coefficient (Wildman–Crippen LogP) is 3.19. The molecule has 10 heteroatoms. The summed E-state index contributed by atoms with van der Waals surface area (Å²) in [6.45, 7) is 2.28. The van der Waals surface area contributed by atoms with E-state index in [4.69, 9.17) is 0 Å². The standard InChI is InChI=1S/C18H19F3N6O/c1-4-24-16(14(23-3)11-22-2)27-10-9-15(26-27)25-17(28)12-7-5-6-8-13(12)18(19,20)21/h5-11H,4H2,1-3H3,(H,25,26,28). The summed E-state index contributed by atoms with van der Waals surface area (Å²) in [6.07, 6.45) is -1.61. The van der Waals surface area contributed by atoms with E-state index in [2.05, 4.69) is 25.4 Å². The first-order valence-corrected chi connectivity index (χ1v) is 8.29. The third-order valence-electron chi connectivity index (χ3n) is 3.55. The topological polar surface area (TPSA) is 84.0 Å². The molecule has 7 nitrogen and oxygen atoms in total. The second-order valence-electron chi connectivity index (χ2n) is 5.44. The van der Waals surface area contributed by atoms with E-state index in [9.17, 15) is 18.0 Å². The predicted molar refractivity (Wildman–Crippen MR) is 103 cm³/mol. The zero-order valence-electron chi connectivity index (χ0n) is 15.5. The summed E-state index contributed by atoms with van der Waals surface area (Å²) in [5, 5.41) is 6.55. The van der Waals surface area contributed by atoms with Crippen molar-refractivity contribution in [2.45, 2.75) is 13.1 Å². The van der Waals surface area contributed by atoms with Crippen LogP contribution in [0.4, 0.5) is 19.0 Å². The van der Waals surface area contributed by atoms with Crippen LogP contribution in [-0.4, -0.2) is 54.1 Å². The minimum absolute atomic E-state index is 0.0784. The number of hydrogen-bond acceptors (Lipinski definition) is 5. The van der Waals surface area contributed by atoms with Crippen molar-refractivity contribution in [2.75, 3.05) is 26.0 Å². The highest BCUT2D eigenvalue weighted by molar-refractivity contribution is 6.62. The molecule has 1 aromatic carbocycles. The van der Waals surface area contributed by atoms with E-state index in [1.54, 1.807) is 14.1 Å². The highest BCUT2D eigenvalue weighted by Gasteiger charge is 2.34. The Labute approximate surface area is 159 Å². The van der Waals surface area contributed by atoms with Gasteiger partial charge >= 0.3 is 6.18 Å². The third-order valence-corrected chi connectivity index (χ3v) is 3.55. The summed E-state index contributed by atoms with van der Waals surface area (Å²) in [5.74, 6) is -0.437. The van der Waals surface area contributed by atoms with E-state index in [1.807, 2.05) is 6.92 Å². The molecule has 1 amide bonds. The maximum Gasteiger partial charge on any atom is 0.417 e. The zero-order chi connectivity index (χ0) is 20.7. The Bertz CT molecular complexity index is 927. The van der Waals surface area contributed by atoms with Gasteiger partial charge in [-0.3, -0.25) is 19.8 Å². The molecule has 28 heavy (non-hydrogen) atoms. The van der Waals surface area contributed by atoms with Gasteiger partial charge in [0, 0.05) is 39.1 Å². The summed E-state index contributed by atoms with van der Waals surface area (Å²) in [4.78, 5) is 24.7. The monoisotopic (exact) mass is 392 g/mol. The van der Waals surface area contributed by atoms with Gasteiger partial charge in [-0.2, -0.15) is 13.2 Å². The molecule has 0 bridgehead atoms. The average Bonchev–Trinajstić information content (AvgIpc) is 3.12. The van der Waals surface area contributed by atoms with Crippen LogP contribution in [0.15, 0.2) is 51.5 Å². The molecule has 1 aromatic heterocycles. The van der Waals surface area contributed by atoms with Gasteiger partial charge in [0.2, 0.25) is 0 Å². The molecule has 0 radical (unpaired) electrons. The lowest BCUT2D eigenvalue weighted by Gasteiger charge is -2.11. The molecular weight excluding hydrogens is 373 g/mol. The number of aromatic nitrogens is 2. The van der Waals surface area contributed by atoms with Gasteiger partial charge in [0.25, 0.3) is 5.91 Å². The van der Waals surface area contributed by atoms with Crippen LogP contribution < -0.4 is 5.32 Å². The Morgan fingerprint density at radius 3 is 2.57 bits per heavy atom. The number of benzene rings is 1. The van der Waals surface area contributed by atoms with Crippen LogP contribution in [0.1, 0.15) is 22.8 Å². The van der Waals surface area contributed by atoms with Crippen molar-refractivity contribution in [3.8, 4) is 0 Å². The van der Waals surface area contributed by atoms with Crippen molar-refractivity contribution in [2.24, 2.45) is 15.0 Å². The van der Waals surface area contributed by atoms with E-state index in [0.717, 1.165) is 12.1 Å². The number of aliphatic imine (C=N–C) groups is 3. The fourth-order valence-corrected chi connectivity index (χ4v) is 2.38. The van der Waals surface area contributed by atoms with Crippen LogP contribution in [0.25, 0.3) is 0 Å². The second-order valence-corrected chi connectivity index (χ2v) is 5.44. The molecule has 0 spiro atoms. The van der Waals surface area contributed by atoms with Gasteiger partial charge in [-0.05, 0) is 19.1 Å². The molecule has 0 saturated heterocycles. The van der Waals surface area contributed by atoms with Crippen molar-refractivity contribution in [1.29, 1.82) is 0 Å². The number of anilines is 1. The number of hydrogen-bond donors (Lipinski definition) is 1. The van der Waals surface area contributed by atoms with Crippen LogP contribution in [0.3, 0.4) is 0 Å². The molecule has 2 aromatic rings. The fourth-order valence-electron chi connectivity index (χ4n) is 2.38. The highest BCUT2D eigenvalue weighted by Crippen LogP contribution is 2.32. The molecule has 0 fully saturated rings. The number of rotatable bonds is 5. The lowest BCUT2D eigenvalue weighted by Crippen LogP contribution is -2.26. The van der Waals surface area contributed by atoms with E-state index in [0.29, 0.717) is 18.1 Å². The van der Waals surface area contributed by atoms with E-state index < -0.39 is 23.2 Å². The Balaban J connectivity index is 2.30. The first kappa shape index (κ1) is 21.0. The number of alkyl halides is 3. The lowest BCUT2D eigenvalue weighted by molar-refractivity contribution is -0.137. The minimum atomic E-state index is -4.64. The quantitative estimate of drug-likeness (QED) is 0.626. The summed E-state index contributed by atoms with van der Waals surface area (Å²) in [6, 6.07) is 6.01. The number of carbonyl (C=O) groups excluding carboxylic acids is 1. The first-order valence-electron chi connectivity index (χ1n) is 8.29. The molecule has 0 aliphatic carbocycles. The zero-order valence-corrected chi connectivity index (χ0v) is 15.5. The molecule has 148 valence electrons. The molecule has 0 unspecified atom stereocenters. The number of nitrogens with one attached hydrogen (secondary N) is 1. The van der Waals surface area contributed by atoms with Gasteiger partial charge in [-0.15, -0.1) is 5.10 Å². The van der Waals surface area contributed by atoms with Gasteiger partial charge in [-0.25, -0.2) is 4.68 Å². The Kier molecular flexibility index (Phi) is 6.80. The van der Waals surface area contributed by atoms with Crippen LogP contribution in [0, 0.1) is 0 Å². The van der Waals surface area contributed by atoms with Gasteiger partial charge in [-0.1, -0.05) is 12.1 Å². The van der Waals surface area contributed by atoms with E-state index in [-0.39, 0.29) is 5.82 Å². The number of carbonyl (C=O) groups is 1. The molecule has 0 atom stereocenters. The van der Waals surface area contributed by atoms with Crippen molar-refractivity contribution in [1.82, 2.24) is 9.78 Å². The molecule has 0 aliphatic heterocycles. The molecule has 1 N–H and O–H groups in total. The number of amides is 1. The molecular formula is C18H19F3N6O. The van der Waals surface area contributed by atoms with Crippen LogP contribution in [-0.2, 0) is 6.18 Å². The lowest BCUT2D eigenvalue weighted by atomic mass is 10.1. The summed E-state index contributed by atoms with van der Waals surface area (Å²) in [5.41, 5.74) is -1.03. The van der Waals surface area contributed by atoms with Gasteiger partial charge in [0.15, 0.2) is 11.7 Å². The summed E-state index contributed by atoms with van der Waals surface area (Å²) in [7, 11) is 3.16. The van der Waals surface area contributed by atoms with Crippen LogP contribution in [0.5, 0.6) is 0 Å². The minimum Gasteiger partial charge on any atom is -0.305 e. The molecule has 1 heterocycles. The fraction of sp³-hybridized carbons (Fsp3) is 0.278. The maximum atomic E-state index is 13.1. The van der Waals surface area contributed by atoms with Crippen molar-refractivity contribution >= 4 is 29.5 Å². The first-order chi connectivity index (χ1) is 13.3. The number of halogens is 3. The Morgan fingerprint density at radius 1 is 1.25 bits per heavy atom. The van der Waals surface area contributed by atoms with Gasteiger partial charge in [0.1, 0.15) is 5.71 Å². The van der Waals surface area contributed by atoms with E-state index in [1.165, 1.54) is 35.3 Å². The van der Waals surface area contributed by atoms with Crippen molar-refractivity contribution in [3.63, 3.8) is 0 Å². The highest BCUT2D eigenvalue weighted by atomic mass is 19.4. The normalized spacial score (nSPS) is 13.2. The third kappa shape index (κ3) is 4.90. The Morgan fingerprint density at radius 2 is 1.96 bits per heavy atom. The summed E-state index contributed by atoms with van der Waals surface area (Å²) < 4.78 is 40.7. The molecule has 0 aliphatic rings. The van der Waals surface area contributed by atoms with Crippen molar-refractivity contribution in [3.05, 3.63) is 47.7 Å². The molecule has 2 rings (SSSR count). The SMILES string of the molecule is CCN=C(C(C=NC)=NC)n1ccc(NC(=O)c2ccccc2C(F)(F)F)n1. The van der Waals surface area contributed by atoms with Gasteiger partial charge < -0.3 is 5.32 Å². The second kappa shape index (κ2) is 9.07. The van der Waals surface area contributed by atoms with Crippen LogP contribution >= 0.6 is 0 Å². The largest absolute Gasteiger partial charge is 0.417 e. The van der Waals surface area contributed by atoms with Crippen molar-refractivity contribution < 1.29 is 18.0 Å². The maximum absolute atomic E-state index is 13.1. The number of nitrogens with zero attached hydrogens (tertiary/aromatic N) is 5. The average molecular weight is 392 g/mol. The smallest absolute Gasteiger partial charge is 0.305 e. The van der Waals surface area contributed by atoms with Crippen LogP contribution in [0.2, 0.25) is 0 Å². The molecule has 0 saturated carbocycles. The van der Waals surface area contributed by atoms with E-state index >= 15 is 0 Å². The summed E-state index contributed by atoms with van der Waals surface area (Å²) >= 11 is 0.